The number of rotatable bonds is 3. The Morgan fingerprint density at radius 2 is 2.06 bits per heavy atom. The Hall–Kier alpha value is -1.28. The van der Waals surface area contributed by atoms with Crippen LogP contribution in [-0.4, -0.2) is 11.6 Å². The molecule has 1 aromatic heterocycles. The van der Waals surface area contributed by atoms with Gasteiger partial charge in [-0.3, -0.25) is 0 Å². The molecule has 0 unspecified atom stereocenters. The third-order valence-electron chi connectivity index (χ3n) is 3.00. The van der Waals surface area contributed by atoms with E-state index in [0.29, 0.717) is 6.04 Å². The molecule has 0 amide bonds. The first kappa shape index (κ1) is 11.2. The Morgan fingerprint density at radius 1 is 1.31 bits per heavy atom. The monoisotopic (exact) mass is 216 g/mol. The minimum absolute atomic E-state index is 0.509. The maximum Gasteiger partial charge on any atom is 0.0488 e. The summed E-state index contributed by atoms with van der Waals surface area (Å²) >= 11 is 0. The first-order valence-electron chi connectivity index (χ1n) is 5.88. The predicted molar refractivity (Wildman–Crippen MR) is 69.8 cm³/mol. The zero-order chi connectivity index (χ0) is 11.7. The Bertz CT molecular complexity index is 495. The molecule has 0 saturated carbocycles. The van der Waals surface area contributed by atoms with Crippen molar-refractivity contribution in [2.45, 2.75) is 33.4 Å². The molecule has 0 saturated heterocycles. The number of hydrogen-bond donors (Lipinski definition) is 1. The number of aryl methyl sites for hydroxylation is 1. The molecule has 1 aromatic carbocycles. The van der Waals surface area contributed by atoms with Gasteiger partial charge >= 0.3 is 0 Å². The van der Waals surface area contributed by atoms with Crippen LogP contribution < -0.4 is 5.32 Å². The van der Waals surface area contributed by atoms with Crippen molar-refractivity contribution in [2.24, 2.45) is 0 Å². The lowest BCUT2D eigenvalue weighted by Crippen LogP contribution is -2.04. The molecule has 1 N–H and O–H groups in total. The van der Waals surface area contributed by atoms with Gasteiger partial charge in [-0.2, -0.15) is 0 Å². The molecule has 0 atom stereocenters. The zero-order valence-electron chi connectivity index (χ0n) is 10.5. The number of benzene rings is 1. The Kier molecular flexibility index (Phi) is 3.01. The molecule has 2 nitrogen and oxygen atoms in total. The first-order valence-corrected chi connectivity index (χ1v) is 5.88. The molecule has 86 valence electrons. The molecule has 0 bridgehead atoms. The summed E-state index contributed by atoms with van der Waals surface area (Å²) in [6.45, 7) is 7.53. The first-order chi connectivity index (χ1) is 7.63. The van der Waals surface area contributed by atoms with Crippen molar-refractivity contribution in [2.75, 3.05) is 7.05 Å². The topological polar surface area (TPSA) is 17.0 Å². The van der Waals surface area contributed by atoms with E-state index < -0.39 is 0 Å². The van der Waals surface area contributed by atoms with E-state index in [1.807, 2.05) is 7.05 Å². The van der Waals surface area contributed by atoms with Gasteiger partial charge in [0, 0.05) is 29.7 Å². The van der Waals surface area contributed by atoms with Crippen molar-refractivity contribution >= 4 is 10.9 Å². The lowest BCUT2D eigenvalue weighted by molar-refractivity contribution is 0.619. The highest BCUT2D eigenvalue weighted by atomic mass is 15.0. The van der Waals surface area contributed by atoms with Crippen LogP contribution in [0.4, 0.5) is 0 Å². The number of aromatic nitrogens is 1. The van der Waals surface area contributed by atoms with Crippen molar-refractivity contribution < 1.29 is 0 Å². The van der Waals surface area contributed by atoms with Gasteiger partial charge in [0.15, 0.2) is 0 Å². The quantitative estimate of drug-likeness (QED) is 0.833. The summed E-state index contributed by atoms with van der Waals surface area (Å²) in [7, 11) is 1.99. The summed E-state index contributed by atoms with van der Waals surface area (Å²) in [4.78, 5) is 0. The minimum atomic E-state index is 0.509. The molecular formula is C14H20N2. The SMILES string of the molecule is CNCc1cn(C(C)C)c2cc(C)ccc12. The third kappa shape index (κ3) is 1.85. The molecular weight excluding hydrogens is 196 g/mol. The van der Waals surface area contributed by atoms with Gasteiger partial charge < -0.3 is 9.88 Å². The van der Waals surface area contributed by atoms with Crippen molar-refractivity contribution in [3.05, 3.63) is 35.5 Å². The van der Waals surface area contributed by atoms with Crippen LogP contribution in [0, 0.1) is 6.92 Å². The molecule has 0 aliphatic heterocycles. The van der Waals surface area contributed by atoms with Gasteiger partial charge in [-0.15, -0.1) is 0 Å². The second kappa shape index (κ2) is 4.30. The highest BCUT2D eigenvalue weighted by Gasteiger charge is 2.09. The lowest BCUT2D eigenvalue weighted by Gasteiger charge is -2.09. The molecule has 2 rings (SSSR count). The molecule has 0 fully saturated rings. The van der Waals surface area contributed by atoms with Crippen LogP contribution in [0.3, 0.4) is 0 Å². The fourth-order valence-electron chi connectivity index (χ4n) is 2.19. The molecule has 2 heteroatoms. The summed E-state index contributed by atoms with van der Waals surface area (Å²) < 4.78 is 2.36. The zero-order valence-corrected chi connectivity index (χ0v) is 10.5. The van der Waals surface area contributed by atoms with E-state index in [1.54, 1.807) is 0 Å². The third-order valence-corrected chi connectivity index (χ3v) is 3.00. The summed E-state index contributed by atoms with van der Waals surface area (Å²) in [6, 6.07) is 7.20. The standard InChI is InChI=1S/C14H20N2/c1-10(2)16-9-12(8-15-4)13-6-5-11(3)7-14(13)16/h5-7,9-10,15H,8H2,1-4H3. The summed E-state index contributed by atoms with van der Waals surface area (Å²) in [5.74, 6) is 0. The fourth-order valence-corrected chi connectivity index (χ4v) is 2.19. The number of fused-ring (bicyclic) bond motifs is 1. The second-order valence-electron chi connectivity index (χ2n) is 4.71. The number of nitrogens with zero attached hydrogens (tertiary/aromatic N) is 1. The second-order valence-corrected chi connectivity index (χ2v) is 4.71. The molecule has 0 aliphatic carbocycles. The smallest absolute Gasteiger partial charge is 0.0488 e. The van der Waals surface area contributed by atoms with Crippen molar-refractivity contribution in [3.8, 4) is 0 Å². The van der Waals surface area contributed by atoms with E-state index in [-0.39, 0.29) is 0 Å². The molecule has 1 heterocycles. The molecule has 0 spiro atoms. The Balaban J connectivity index is 2.66. The van der Waals surface area contributed by atoms with E-state index in [4.69, 9.17) is 0 Å². The maximum atomic E-state index is 3.23. The van der Waals surface area contributed by atoms with Gasteiger partial charge in [-0.25, -0.2) is 0 Å². The molecule has 2 aromatic rings. The van der Waals surface area contributed by atoms with Gasteiger partial charge in [0.1, 0.15) is 0 Å². The van der Waals surface area contributed by atoms with Crippen molar-refractivity contribution in [1.82, 2.24) is 9.88 Å². The highest BCUT2D eigenvalue weighted by molar-refractivity contribution is 5.84. The summed E-state index contributed by atoms with van der Waals surface area (Å²) in [6.07, 6.45) is 2.27. The summed E-state index contributed by atoms with van der Waals surface area (Å²) in [5.41, 5.74) is 4.05. The van der Waals surface area contributed by atoms with Gasteiger partial charge in [-0.1, -0.05) is 12.1 Å². The molecule has 0 aliphatic rings. The van der Waals surface area contributed by atoms with Gasteiger partial charge in [0.25, 0.3) is 0 Å². The molecule has 0 radical (unpaired) electrons. The van der Waals surface area contributed by atoms with Crippen LogP contribution in [0.15, 0.2) is 24.4 Å². The van der Waals surface area contributed by atoms with Crippen LogP contribution in [0.2, 0.25) is 0 Å². The van der Waals surface area contributed by atoms with Crippen LogP contribution in [-0.2, 0) is 6.54 Å². The van der Waals surface area contributed by atoms with Crippen LogP contribution in [0.25, 0.3) is 10.9 Å². The maximum absolute atomic E-state index is 3.23. The van der Waals surface area contributed by atoms with E-state index >= 15 is 0 Å². The van der Waals surface area contributed by atoms with E-state index in [0.717, 1.165) is 6.54 Å². The van der Waals surface area contributed by atoms with Gasteiger partial charge in [0.2, 0.25) is 0 Å². The van der Waals surface area contributed by atoms with E-state index in [1.165, 1.54) is 22.0 Å². The van der Waals surface area contributed by atoms with Crippen molar-refractivity contribution in [3.63, 3.8) is 0 Å². The number of nitrogens with one attached hydrogen (secondary N) is 1. The van der Waals surface area contributed by atoms with Gasteiger partial charge in [0.05, 0.1) is 0 Å². The number of hydrogen-bond acceptors (Lipinski definition) is 1. The van der Waals surface area contributed by atoms with Crippen LogP contribution in [0.5, 0.6) is 0 Å². The minimum Gasteiger partial charge on any atom is -0.345 e. The van der Waals surface area contributed by atoms with E-state index in [9.17, 15) is 0 Å². The normalized spacial score (nSPS) is 11.6. The average molecular weight is 216 g/mol. The largest absolute Gasteiger partial charge is 0.345 e. The van der Waals surface area contributed by atoms with Crippen LogP contribution >= 0.6 is 0 Å². The Labute approximate surface area is 97.3 Å². The summed E-state index contributed by atoms with van der Waals surface area (Å²) in [5, 5.41) is 4.60. The average Bonchev–Trinajstić information content (AvgIpc) is 2.57. The van der Waals surface area contributed by atoms with Crippen molar-refractivity contribution in [1.29, 1.82) is 0 Å². The van der Waals surface area contributed by atoms with E-state index in [2.05, 4.69) is 55.1 Å². The fraction of sp³-hybridized carbons (Fsp3) is 0.429. The van der Waals surface area contributed by atoms with Gasteiger partial charge in [-0.05, 0) is 45.0 Å². The lowest BCUT2D eigenvalue weighted by atomic mass is 10.1. The predicted octanol–water partition coefficient (Wildman–Crippen LogP) is 3.25. The highest BCUT2D eigenvalue weighted by Crippen LogP contribution is 2.25. The van der Waals surface area contributed by atoms with Crippen LogP contribution in [0.1, 0.15) is 31.0 Å². The Morgan fingerprint density at radius 3 is 2.69 bits per heavy atom. The molecule has 16 heavy (non-hydrogen) atoms.